The molecule has 138 valence electrons. The zero-order chi connectivity index (χ0) is 17.9. The van der Waals surface area contributed by atoms with Crippen LogP contribution in [0.4, 0.5) is 18.0 Å². The van der Waals surface area contributed by atoms with Gasteiger partial charge in [0, 0.05) is 18.7 Å². The SMILES string of the molecule is O=C(NCc1cc(F)ccc1OC(F)F)NCC1CCCC2(CC2)C1. The highest BCUT2D eigenvalue weighted by Gasteiger charge is 2.45. The Kier molecular flexibility index (Phi) is 5.39. The van der Waals surface area contributed by atoms with E-state index in [0.717, 1.165) is 24.6 Å². The molecule has 2 aliphatic rings. The van der Waals surface area contributed by atoms with Crippen LogP contribution in [0.2, 0.25) is 0 Å². The highest BCUT2D eigenvalue weighted by Crippen LogP contribution is 2.57. The highest BCUT2D eigenvalue weighted by atomic mass is 19.3. The van der Waals surface area contributed by atoms with Crippen LogP contribution in [0, 0.1) is 17.2 Å². The maximum absolute atomic E-state index is 13.3. The molecule has 2 aliphatic carbocycles. The molecule has 1 unspecified atom stereocenters. The van der Waals surface area contributed by atoms with Gasteiger partial charge in [-0.25, -0.2) is 9.18 Å². The molecule has 2 saturated carbocycles. The molecule has 3 rings (SSSR count). The molecule has 0 heterocycles. The lowest BCUT2D eigenvalue weighted by Crippen LogP contribution is -2.39. The predicted molar refractivity (Wildman–Crippen MR) is 86.9 cm³/mol. The Balaban J connectivity index is 1.46. The van der Waals surface area contributed by atoms with Gasteiger partial charge in [-0.05, 0) is 61.6 Å². The molecule has 0 radical (unpaired) electrons. The quantitative estimate of drug-likeness (QED) is 0.803. The Morgan fingerprint density at radius 2 is 2.08 bits per heavy atom. The number of ether oxygens (including phenoxy) is 1. The second kappa shape index (κ2) is 7.54. The number of carbonyl (C=O) groups is 1. The van der Waals surface area contributed by atoms with E-state index in [1.807, 2.05) is 0 Å². The lowest BCUT2D eigenvalue weighted by atomic mass is 9.79. The normalized spacial score (nSPS) is 21.2. The first-order valence-corrected chi connectivity index (χ1v) is 8.71. The van der Waals surface area contributed by atoms with Crippen molar-refractivity contribution in [2.24, 2.45) is 11.3 Å². The third-order valence-electron chi connectivity index (χ3n) is 5.23. The molecule has 1 aromatic rings. The summed E-state index contributed by atoms with van der Waals surface area (Å²) >= 11 is 0. The minimum absolute atomic E-state index is 0.0831. The van der Waals surface area contributed by atoms with Crippen molar-refractivity contribution in [2.45, 2.75) is 51.7 Å². The largest absolute Gasteiger partial charge is 0.434 e. The van der Waals surface area contributed by atoms with Gasteiger partial charge in [0.15, 0.2) is 0 Å². The number of nitrogens with one attached hydrogen (secondary N) is 2. The summed E-state index contributed by atoms with van der Waals surface area (Å²) in [5.74, 6) is -0.218. The van der Waals surface area contributed by atoms with E-state index >= 15 is 0 Å². The summed E-state index contributed by atoms with van der Waals surface area (Å²) in [5, 5.41) is 5.40. The van der Waals surface area contributed by atoms with E-state index in [0.29, 0.717) is 17.9 Å². The molecule has 2 fully saturated rings. The minimum Gasteiger partial charge on any atom is -0.434 e. The molecule has 1 aromatic carbocycles. The van der Waals surface area contributed by atoms with Crippen molar-refractivity contribution < 1.29 is 22.7 Å². The number of halogens is 3. The van der Waals surface area contributed by atoms with Gasteiger partial charge >= 0.3 is 12.6 Å². The Bertz CT molecular complexity index is 620. The van der Waals surface area contributed by atoms with E-state index in [1.54, 1.807) is 0 Å². The minimum atomic E-state index is -3.00. The molecule has 0 aromatic heterocycles. The van der Waals surface area contributed by atoms with Crippen molar-refractivity contribution in [3.8, 4) is 5.75 Å². The smallest absolute Gasteiger partial charge is 0.387 e. The van der Waals surface area contributed by atoms with Crippen LogP contribution in [0.3, 0.4) is 0 Å². The fourth-order valence-electron chi connectivity index (χ4n) is 3.76. The summed E-state index contributed by atoms with van der Waals surface area (Å²) in [4.78, 5) is 11.9. The van der Waals surface area contributed by atoms with E-state index in [4.69, 9.17) is 0 Å². The molecule has 2 amide bonds. The van der Waals surface area contributed by atoms with E-state index in [9.17, 15) is 18.0 Å². The van der Waals surface area contributed by atoms with Gasteiger partial charge in [-0.3, -0.25) is 0 Å². The highest BCUT2D eigenvalue weighted by molar-refractivity contribution is 5.73. The zero-order valence-corrected chi connectivity index (χ0v) is 14.0. The lowest BCUT2D eigenvalue weighted by Gasteiger charge is -2.29. The van der Waals surface area contributed by atoms with Gasteiger partial charge in [-0.15, -0.1) is 0 Å². The second-order valence-corrected chi connectivity index (χ2v) is 7.16. The van der Waals surface area contributed by atoms with Crippen LogP contribution >= 0.6 is 0 Å². The molecule has 4 nitrogen and oxygen atoms in total. The van der Waals surface area contributed by atoms with Crippen molar-refractivity contribution in [1.82, 2.24) is 10.6 Å². The average Bonchev–Trinajstić information content (AvgIpc) is 3.31. The summed E-state index contributed by atoms with van der Waals surface area (Å²) in [7, 11) is 0. The average molecular weight is 356 g/mol. The molecule has 0 bridgehead atoms. The lowest BCUT2D eigenvalue weighted by molar-refractivity contribution is -0.0505. The summed E-state index contributed by atoms with van der Waals surface area (Å²) in [6, 6.07) is 2.87. The van der Waals surface area contributed by atoms with Crippen LogP contribution in [-0.4, -0.2) is 19.2 Å². The molecule has 2 N–H and O–H groups in total. The number of alkyl halides is 2. The van der Waals surface area contributed by atoms with Crippen LogP contribution in [-0.2, 0) is 6.54 Å². The first-order valence-electron chi connectivity index (χ1n) is 8.71. The Morgan fingerprint density at radius 1 is 1.28 bits per heavy atom. The number of carbonyl (C=O) groups excluding carboxylic acids is 1. The van der Waals surface area contributed by atoms with E-state index < -0.39 is 12.4 Å². The molecule has 0 aliphatic heterocycles. The first-order chi connectivity index (χ1) is 12.0. The van der Waals surface area contributed by atoms with Gasteiger partial charge in [0.25, 0.3) is 0 Å². The van der Waals surface area contributed by atoms with Crippen LogP contribution in [0.25, 0.3) is 0 Å². The summed E-state index contributed by atoms with van der Waals surface area (Å²) in [6.45, 7) is -2.48. The van der Waals surface area contributed by atoms with Gasteiger partial charge in [-0.1, -0.05) is 6.42 Å². The Hall–Kier alpha value is -1.92. The first kappa shape index (κ1) is 17.9. The third kappa shape index (κ3) is 5.03. The van der Waals surface area contributed by atoms with E-state index in [2.05, 4.69) is 15.4 Å². The number of urea groups is 1. The molecule has 0 saturated heterocycles. The molecule has 25 heavy (non-hydrogen) atoms. The summed E-state index contributed by atoms with van der Waals surface area (Å²) in [6.07, 6.45) is 7.43. The van der Waals surface area contributed by atoms with Crippen LogP contribution in [0.1, 0.15) is 44.1 Å². The number of hydrogen-bond acceptors (Lipinski definition) is 2. The maximum atomic E-state index is 13.3. The second-order valence-electron chi connectivity index (χ2n) is 7.16. The third-order valence-corrected chi connectivity index (χ3v) is 5.23. The fourth-order valence-corrected chi connectivity index (χ4v) is 3.76. The molecule has 1 spiro atoms. The number of rotatable bonds is 6. The molecular weight excluding hydrogens is 333 g/mol. The number of hydrogen-bond donors (Lipinski definition) is 2. The van der Waals surface area contributed by atoms with E-state index in [-0.39, 0.29) is 23.9 Å². The van der Waals surface area contributed by atoms with Crippen LogP contribution < -0.4 is 15.4 Å². The van der Waals surface area contributed by atoms with Crippen molar-refractivity contribution in [1.29, 1.82) is 0 Å². The number of amides is 2. The molecule has 1 atom stereocenters. The summed E-state index contributed by atoms with van der Waals surface area (Å²) < 4.78 is 42.4. The van der Waals surface area contributed by atoms with Gasteiger partial charge in [-0.2, -0.15) is 8.78 Å². The van der Waals surface area contributed by atoms with Gasteiger partial charge in [0.1, 0.15) is 11.6 Å². The Morgan fingerprint density at radius 3 is 2.80 bits per heavy atom. The monoisotopic (exact) mass is 356 g/mol. The molecular formula is C18H23F3N2O2. The fraction of sp³-hybridized carbons (Fsp3) is 0.611. The van der Waals surface area contributed by atoms with Crippen LogP contribution in [0.5, 0.6) is 5.75 Å². The standard InChI is InChI=1S/C18H23F3N2O2/c19-14-3-4-15(25-16(20)21)13(8-14)11-23-17(24)22-10-12-2-1-5-18(9-12)6-7-18/h3-4,8,12,16H,1-2,5-7,9-11H2,(H2,22,23,24). The predicted octanol–water partition coefficient (Wildman–Crippen LogP) is 4.20. The van der Waals surface area contributed by atoms with Gasteiger partial charge in [0.05, 0.1) is 0 Å². The van der Waals surface area contributed by atoms with Gasteiger partial charge in [0.2, 0.25) is 0 Å². The van der Waals surface area contributed by atoms with Crippen molar-refractivity contribution in [3.05, 3.63) is 29.6 Å². The van der Waals surface area contributed by atoms with Crippen molar-refractivity contribution >= 4 is 6.03 Å². The topological polar surface area (TPSA) is 50.4 Å². The zero-order valence-electron chi connectivity index (χ0n) is 14.0. The number of benzene rings is 1. The van der Waals surface area contributed by atoms with Gasteiger partial charge < -0.3 is 15.4 Å². The van der Waals surface area contributed by atoms with E-state index in [1.165, 1.54) is 32.1 Å². The Labute approximate surface area is 145 Å². The van der Waals surface area contributed by atoms with Crippen molar-refractivity contribution in [2.75, 3.05) is 6.54 Å². The van der Waals surface area contributed by atoms with Crippen LogP contribution in [0.15, 0.2) is 18.2 Å². The maximum Gasteiger partial charge on any atom is 0.387 e. The van der Waals surface area contributed by atoms with Crippen molar-refractivity contribution in [3.63, 3.8) is 0 Å². The summed E-state index contributed by atoms with van der Waals surface area (Å²) in [5.41, 5.74) is 0.717. The molecule has 7 heteroatoms.